The van der Waals surface area contributed by atoms with Gasteiger partial charge in [-0.25, -0.2) is 9.48 Å². The third-order valence-electron chi connectivity index (χ3n) is 3.36. The Hall–Kier alpha value is -2.11. The molecule has 0 atom stereocenters. The number of hydrogen-bond donors (Lipinski definition) is 1. The molecule has 0 aliphatic carbocycles. The molecule has 0 aliphatic rings. The third-order valence-corrected chi connectivity index (χ3v) is 4.67. The molecule has 22 heavy (non-hydrogen) atoms. The Labute approximate surface area is 136 Å². The number of nitrogens with zero attached hydrogens (tertiary/aromatic N) is 2. The SMILES string of the molecule is Cc1csc(-c2c(C)c(C(=O)O)nn2-c2ccc(Cl)cc2)c1. The van der Waals surface area contributed by atoms with Crippen LogP contribution in [0.4, 0.5) is 0 Å². The first-order chi connectivity index (χ1) is 10.5. The normalized spacial score (nSPS) is 10.9. The van der Waals surface area contributed by atoms with Crippen molar-refractivity contribution < 1.29 is 9.90 Å². The second-order valence-electron chi connectivity index (χ2n) is 5.00. The molecule has 0 aliphatic heterocycles. The largest absolute Gasteiger partial charge is 0.476 e. The van der Waals surface area contributed by atoms with E-state index in [0.29, 0.717) is 10.6 Å². The average Bonchev–Trinajstić information content (AvgIpc) is 3.03. The van der Waals surface area contributed by atoms with E-state index < -0.39 is 5.97 Å². The summed E-state index contributed by atoms with van der Waals surface area (Å²) in [6.45, 7) is 3.80. The van der Waals surface area contributed by atoms with Crippen LogP contribution in [-0.4, -0.2) is 20.9 Å². The number of carbonyl (C=O) groups is 1. The van der Waals surface area contributed by atoms with Crippen molar-refractivity contribution in [2.75, 3.05) is 0 Å². The first-order valence-corrected chi connectivity index (χ1v) is 7.87. The van der Waals surface area contributed by atoms with Gasteiger partial charge < -0.3 is 5.11 Å². The van der Waals surface area contributed by atoms with E-state index in [1.54, 1.807) is 35.1 Å². The van der Waals surface area contributed by atoms with Gasteiger partial charge in [0, 0.05) is 10.6 Å². The molecule has 2 aromatic heterocycles. The highest BCUT2D eigenvalue weighted by molar-refractivity contribution is 7.13. The zero-order valence-corrected chi connectivity index (χ0v) is 13.6. The molecule has 112 valence electrons. The van der Waals surface area contributed by atoms with Crippen molar-refractivity contribution in [2.24, 2.45) is 0 Å². The van der Waals surface area contributed by atoms with Crippen LogP contribution in [0.5, 0.6) is 0 Å². The number of aromatic carboxylic acids is 1. The fourth-order valence-corrected chi connectivity index (χ4v) is 3.42. The number of aryl methyl sites for hydroxylation is 1. The molecule has 0 saturated carbocycles. The first kappa shape index (κ1) is 14.8. The van der Waals surface area contributed by atoms with Crippen molar-refractivity contribution in [3.63, 3.8) is 0 Å². The average molecular weight is 333 g/mol. The summed E-state index contributed by atoms with van der Waals surface area (Å²) in [5.41, 5.74) is 3.44. The molecule has 1 N–H and O–H groups in total. The topological polar surface area (TPSA) is 55.1 Å². The number of rotatable bonds is 3. The summed E-state index contributed by atoms with van der Waals surface area (Å²) in [7, 11) is 0. The predicted octanol–water partition coefficient (Wildman–Crippen LogP) is 4.57. The minimum absolute atomic E-state index is 0.0657. The van der Waals surface area contributed by atoms with Crippen LogP contribution in [0.15, 0.2) is 35.7 Å². The smallest absolute Gasteiger partial charge is 0.356 e. The molecule has 3 rings (SSSR count). The molecular formula is C16H13ClN2O2S. The van der Waals surface area contributed by atoms with Crippen molar-refractivity contribution >= 4 is 28.9 Å². The lowest BCUT2D eigenvalue weighted by molar-refractivity contribution is 0.0689. The first-order valence-electron chi connectivity index (χ1n) is 6.61. The van der Waals surface area contributed by atoms with Gasteiger partial charge in [-0.15, -0.1) is 11.3 Å². The Morgan fingerprint density at radius 1 is 1.27 bits per heavy atom. The Morgan fingerprint density at radius 3 is 2.50 bits per heavy atom. The van der Waals surface area contributed by atoms with Gasteiger partial charge in [-0.3, -0.25) is 0 Å². The lowest BCUT2D eigenvalue weighted by Crippen LogP contribution is -2.02. The van der Waals surface area contributed by atoms with Gasteiger partial charge in [-0.1, -0.05) is 11.6 Å². The highest BCUT2D eigenvalue weighted by Crippen LogP contribution is 2.33. The van der Waals surface area contributed by atoms with Gasteiger partial charge in [0.1, 0.15) is 0 Å². The predicted molar refractivity (Wildman–Crippen MR) is 88.3 cm³/mol. The number of hydrogen-bond acceptors (Lipinski definition) is 3. The molecule has 3 aromatic rings. The van der Waals surface area contributed by atoms with E-state index in [9.17, 15) is 9.90 Å². The van der Waals surface area contributed by atoms with Crippen molar-refractivity contribution in [2.45, 2.75) is 13.8 Å². The van der Waals surface area contributed by atoms with Crippen LogP contribution in [0.1, 0.15) is 21.6 Å². The molecular weight excluding hydrogens is 320 g/mol. The third kappa shape index (κ3) is 2.53. The Kier molecular flexibility index (Phi) is 3.76. The van der Waals surface area contributed by atoms with Gasteiger partial charge in [0.05, 0.1) is 16.3 Å². The van der Waals surface area contributed by atoms with Crippen LogP contribution < -0.4 is 0 Å². The lowest BCUT2D eigenvalue weighted by Gasteiger charge is -2.07. The van der Waals surface area contributed by atoms with Crippen LogP contribution in [0, 0.1) is 13.8 Å². The summed E-state index contributed by atoms with van der Waals surface area (Å²) in [5, 5.41) is 16.3. The zero-order chi connectivity index (χ0) is 15.9. The van der Waals surface area contributed by atoms with Crippen molar-refractivity contribution in [3.8, 4) is 16.3 Å². The second-order valence-corrected chi connectivity index (χ2v) is 6.35. The fourth-order valence-electron chi connectivity index (χ4n) is 2.31. The van der Waals surface area contributed by atoms with E-state index >= 15 is 0 Å². The lowest BCUT2D eigenvalue weighted by atomic mass is 10.1. The Bertz CT molecular complexity index is 850. The summed E-state index contributed by atoms with van der Waals surface area (Å²) in [6, 6.07) is 9.21. The van der Waals surface area contributed by atoms with Crippen LogP contribution in [0.25, 0.3) is 16.3 Å². The highest BCUT2D eigenvalue weighted by atomic mass is 35.5. The summed E-state index contributed by atoms with van der Waals surface area (Å²) >= 11 is 7.50. The van der Waals surface area contributed by atoms with Crippen LogP contribution >= 0.6 is 22.9 Å². The van der Waals surface area contributed by atoms with E-state index in [1.165, 1.54) is 0 Å². The van der Waals surface area contributed by atoms with Gasteiger partial charge in [0.25, 0.3) is 0 Å². The van der Waals surface area contributed by atoms with E-state index in [2.05, 4.69) is 5.10 Å². The maximum atomic E-state index is 11.4. The molecule has 0 bridgehead atoms. The summed E-state index contributed by atoms with van der Waals surface area (Å²) in [5.74, 6) is -1.03. The van der Waals surface area contributed by atoms with Crippen LogP contribution in [-0.2, 0) is 0 Å². The minimum Gasteiger partial charge on any atom is -0.476 e. The maximum absolute atomic E-state index is 11.4. The minimum atomic E-state index is -1.03. The monoisotopic (exact) mass is 332 g/mol. The van der Waals surface area contributed by atoms with Gasteiger partial charge in [0.15, 0.2) is 5.69 Å². The summed E-state index contributed by atoms with van der Waals surface area (Å²) < 4.78 is 1.67. The van der Waals surface area contributed by atoms with Crippen molar-refractivity contribution in [1.29, 1.82) is 0 Å². The molecule has 0 saturated heterocycles. The van der Waals surface area contributed by atoms with Crippen LogP contribution in [0.2, 0.25) is 5.02 Å². The van der Waals surface area contributed by atoms with E-state index in [-0.39, 0.29) is 5.69 Å². The Balaban J connectivity index is 2.26. The molecule has 0 fully saturated rings. The molecule has 6 heteroatoms. The molecule has 0 unspecified atom stereocenters. The van der Waals surface area contributed by atoms with E-state index in [0.717, 1.165) is 21.8 Å². The highest BCUT2D eigenvalue weighted by Gasteiger charge is 2.22. The maximum Gasteiger partial charge on any atom is 0.356 e. The number of carboxylic acids is 1. The second kappa shape index (κ2) is 5.59. The number of aromatic nitrogens is 2. The number of halogens is 1. The molecule has 0 radical (unpaired) electrons. The van der Waals surface area contributed by atoms with E-state index in [4.69, 9.17) is 11.6 Å². The molecule has 1 aromatic carbocycles. The molecule has 0 spiro atoms. The molecule has 2 heterocycles. The van der Waals surface area contributed by atoms with Gasteiger partial charge in [-0.05, 0) is 55.1 Å². The zero-order valence-electron chi connectivity index (χ0n) is 12.0. The number of benzene rings is 1. The molecule has 4 nitrogen and oxygen atoms in total. The van der Waals surface area contributed by atoms with Crippen molar-refractivity contribution in [3.05, 3.63) is 57.6 Å². The van der Waals surface area contributed by atoms with Crippen molar-refractivity contribution in [1.82, 2.24) is 9.78 Å². The molecule has 0 amide bonds. The van der Waals surface area contributed by atoms with E-state index in [1.807, 2.05) is 30.5 Å². The van der Waals surface area contributed by atoms with Gasteiger partial charge in [0.2, 0.25) is 0 Å². The van der Waals surface area contributed by atoms with Gasteiger partial charge >= 0.3 is 5.97 Å². The number of thiophene rings is 1. The standard InChI is InChI=1S/C16H13ClN2O2S/c1-9-7-13(22-8-9)15-10(2)14(16(20)21)18-19(15)12-5-3-11(17)4-6-12/h3-8H,1-2H3,(H,20,21). The fraction of sp³-hybridized carbons (Fsp3) is 0.125. The van der Waals surface area contributed by atoms with Crippen LogP contribution in [0.3, 0.4) is 0 Å². The number of carboxylic acid groups (broad SMARTS) is 1. The Morgan fingerprint density at radius 2 is 1.95 bits per heavy atom. The summed E-state index contributed by atoms with van der Waals surface area (Å²) in [4.78, 5) is 12.4. The summed E-state index contributed by atoms with van der Waals surface area (Å²) in [6.07, 6.45) is 0. The quantitative estimate of drug-likeness (QED) is 0.764. The van der Waals surface area contributed by atoms with Gasteiger partial charge in [-0.2, -0.15) is 5.10 Å².